The lowest BCUT2D eigenvalue weighted by Gasteiger charge is -2.06. The van der Waals surface area contributed by atoms with Crippen LogP contribution in [0.4, 0.5) is 11.4 Å². The molecule has 0 saturated heterocycles. The topological polar surface area (TPSA) is 99.3 Å². The van der Waals surface area contributed by atoms with Crippen molar-refractivity contribution in [1.29, 1.82) is 5.26 Å². The quantitative estimate of drug-likeness (QED) is 0.554. The molecular weight excluding hydrogens is 378 g/mol. The molecule has 7 heteroatoms. The molecule has 0 bridgehead atoms. The van der Waals surface area contributed by atoms with Gasteiger partial charge >= 0.3 is 0 Å². The lowest BCUT2D eigenvalue weighted by Crippen LogP contribution is -2.34. The maximum absolute atomic E-state index is 13.3. The maximum atomic E-state index is 13.3. The third-order valence-corrected chi connectivity index (χ3v) is 4.95. The highest BCUT2D eigenvalue weighted by Gasteiger charge is 2.16. The fourth-order valence-corrected chi connectivity index (χ4v) is 3.46. The van der Waals surface area contributed by atoms with Gasteiger partial charge in [-0.1, -0.05) is 6.07 Å². The van der Waals surface area contributed by atoms with Crippen LogP contribution in [0.15, 0.2) is 47.3 Å². The summed E-state index contributed by atoms with van der Waals surface area (Å²) in [5.41, 5.74) is 4.89. The van der Waals surface area contributed by atoms with Gasteiger partial charge in [-0.3, -0.25) is 14.0 Å². The van der Waals surface area contributed by atoms with Gasteiger partial charge in [-0.15, -0.1) is 0 Å². The lowest BCUT2D eigenvalue weighted by atomic mass is 10.1. The summed E-state index contributed by atoms with van der Waals surface area (Å²) in [4.78, 5) is 28.9. The molecule has 2 heterocycles. The molecule has 148 valence electrons. The maximum Gasteiger partial charge on any atom is 0.265 e. The third-order valence-electron chi connectivity index (χ3n) is 4.95. The summed E-state index contributed by atoms with van der Waals surface area (Å²) in [5.74, 6) is -0.144. The van der Waals surface area contributed by atoms with E-state index in [-0.39, 0.29) is 11.5 Å². The van der Waals surface area contributed by atoms with Crippen molar-refractivity contribution in [3.63, 3.8) is 0 Å². The number of carbonyl (C=O) groups excluding carboxylic acids is 1. The van der Waals surface area contributed by atoms with Gasteiger partial charge in [0.25, 0.3) is 5.56 Å². The fraction of sp³-hybridized carbons (Fsp3) is 0.130. The molecule has 4 aromatic rings. The molecule has 0 saturated carbocycles. The number of aromatic nitrogens is 2. The smallest absolute Gasteiger partial charge is 0.265 e. The second-order valence-corrected chi connectivity index (χ2v) is 7.14. The van der Waals surface area contributed by atoms with Crippen molar-refractivity contribution in [2.75, 3.05) is 10.6 Å². The average molecular weight is 397 g/mol. The Morgan fingerprint density at radius 2 is 1.83 bits per heavy atom. The van der Waals surface area contributed by atoms with E-state index >= 15 is 0 Å². The number of aryl methyl sites for hydroxylation is 1. The van der Waals surface area contributed by atoms with Gasteiger partial charge in [0.05, 0.1) is 21.8 Å². The van der Waals surface area contributed by atoms with Crippen molar-refractivity contribution in [1.82, 2.24) is 9.38 Å². The van der Waals surface area contributed by atoms with Crippen LogP contribution in [0.25, 0.3) is 22.9 Å². The van der Waals surface area contributed by atoms with Crippen LogP contribution in [-0.4, -0.2) is 15.3 Å². The number of nitriles is 1. The number of hydrogen-bond donors (Lipinski definition) is 2. The Kier molecular flexibility index (Phi) is 4.68. The minimum absolute atomic E-state index is 0.144. The molecule has 0 aliphatic carbocycles. The lowest BCUT2D eigenvalue weighted by molar-refractivity contribution is -0.114. The molecular formula is C23H19N5O2. The number of hydrogen-bond acceptors (Lipinski definition) is 5. The van der Waals surface area contributed by atoms with Crippen LogP contribution in [-0.2, 0) is 4.79 Å². The van der Waals surface area contributed by atoms with Crippen LogP contribution in [0.1, 0.15) is 23.6 Å². The second-order valence-electron chi connectivity index (χ2n) is 7.14. The van der Waals surface area contributed by atoms with Gasteiger partial charge in [0.1, 0.15) is 6.07 Å². The number of benzene rings is 2. The molecule has 0 aliphatic rings. The van der Waals surface area contributed by atoms with Crippen molar-refractivity contribution in [2.24, 2.45) is 0 Å². The molecule has 30 heavy (non-hydrogen) atoms. The van der Waals surface area contributed by atoms with Gasteiger partial charge in [-0.2, -0.15) is 5.26 Å². The van der Waals surface area contributed by atoms with E-state index < -0.39 is 0 Å². The summed E-state index contributed by atoms with van der Waals surface area (Å²) < 4.78 is 1.49. The Labute approximate surface area is 172 Å². The Bertz CT molecular complexity index is 1460. The first-order valence-corrected chi connectivity index (χ1v) is 9.39. The van der Waals surface area contributed by atoms with Gasteiger partial charge in [0.2, 0.25) is 5.91 Å². The number of rotatable bonds is 3. The van der Waals surface area contributed by atoms with Crippen molar-refractivity contribution in [3.8, 4) is 6.07 Å². The molecule has 0 aliphatic heterocycles. The molecule has 4 rings (SSSR count). The van der Waals surface area contributed by atoms with Crippen molar-refractivity contribution in [2.45, 2.75) is 20.8 Å². The van der Waals surface area contributed by atoms with Crippen molar-refractivity contribution < 1.29 is 4.79 Å². The number of nitrogens with zero attached hydrogens (tertiary/aromatic N) is 3. The summed E-state index contributed by atoms with van der Waals surface area (Å²) in [6.45, 7) is 5.15. The summed E-state index contributed by atoms with van der Waals surface area (Å²) in [7, 11) is 0. The summed E-state index contributed by atoms with van der Waals surface area (Å²) in [6, 6.07) is 15.0. The van der Waals surface area contributed by atoms with E-state index in [9.17, 15) is 14.9 Å². The van der Waals surface area contributed by atoms with Crippen LogP contribution < -0.4 is 21.4 Å². The second kappa shape index (κ2) is 7.33. The van der Waals surface area contributed by atoms with Crippen LogP contribution in [0.3, 0.4) is 0 Å². The van der Waals surface area contributed by atoms with E-state index in [1.54, 1.807) is 37.4 Å². The van der Waals surface area contributed by atoms with E-state index in [0.717, 1.165) is 11.3 Å². The molecule has 7 nitrogen and oxygen atoms in total. The standard InChI is InChI=1S/C23H19N5O2/c1-13-4-9-21-20(10-13)27-22-18(11-24)14(2)19(23(30)28(21)22)12-25-16-5-7-17(8-6-16)26-15(3)29/h4-10,12,25H,1-3H3,(H,26,29). The van der Waals surface area contributed by atoms with Gasteiger partial charge in [-0.25, -0.2) is 4.98 Å². The van der Waals surface area contributed by atoms with Crippen molar-refractivity contribution in [3.05, 3.63) is 74.7 Å². The molecule has 2 aromatic carbocycles. The summed E-state index contributed by atoms with van der Waals surface area (Å²) in [6.07, 6.45) is 1.60. The fourth-order valence-electron chi connectivity index (χ4n) is 3.46. The number of carbonyl (C=O) groups is 1. The minimum atomic E-state index is -0.241. The number of fused-ring (bicyclic) bond motifs is 3. The highest BCUT2D eigenvalue weighted by atomic mass is 16.1. The zero-order valence-corrected chi connectivity index (χ0v) is 16.8. The summed E-state index contributed by atoms with van der Waals surface area (Å²) in [5, 5.41) is 15.9. The van der Waals surface area contributed by atoms with Gasteiger partial charge in [-0.05, 0) is 61.4 Å². The van der Waals surface area contributed by atoms with Gasteiger partial charge in [0.15, 0.2) is 5.65 Å². The molecule has 0 spiro atoms. The Balaban J connectivity index is 1.86. The van der Waals surface area contributed by atoms with E-state index in [1.165, 1.54) is 11.3 Å². The zero-order chi connectivity index (χ0) is 21.4. The predicted octanol–water partition coefficient (Wildman–Crippen LogP) is 2.86. The number of amides is 1. The predicted molar refractivity (Wildman–Crippen MR) is 117 cm³/mol. The number of pyridine rings is 1. The van der Waals surface area contributed by atoms with Gasteiger partial charge < -0.3 is 10.6 Å². The van der Waals surface area contributed by atoms with E-state index in [0.29, 0.717) is 38.7 Å². The first kappa shape index (κ1) is 19.2. The molecule has 0 fully saturated rings. The molecule has 1 amide bonds. The van der Waals surface area contributed by atoms with Crippen LogP contribution in [0.5, 0.6) is 0 Å². The Morgan fingerprint density at radius 3 is 2.50 bits per heavy atom. The monoisotopic (exact) mass is 397 g/mol. The molecule has 0 radical (unpaired) electrons. The number of anilines is 2. The van der Waals surface area contributed by atoms with Crippen LogP contribution >= 0.6 is 0 Å². The van der Waals surface area contributed by atoms with E-state index in [2.05, 4.69) is 21.7 Å². The highest BCUT2D eigenvalue weighted by Crippen LogP contribution is 2.19. The Morgan fingerprint density at radius 1 is 1.13 bits per heavy atom. The van der Waals surface area contributed by atoms with Gasteiger partial charge in [0, 0.05) is 24.5 Å². The largest absolute Gasteiger partial charge is 0.361 e. The summed E-state index contributed by atoms with van der Waals surface area (Å²) >= 11 is 0. The Hall–Kier alpha value is -4.18. The van der Waals surface area contributed by atoms with E-state index in [4.69, 9.17) is 0 Å². The third kappa shape index (κ3) is 3.25. The van der Waals surface area contributed by atoms with Crippen LogP contribution in [0, 0.1) is 25.2 Å². The average Bonchev–Trinajstić information content (AvgIpc) is 3.07. The molecule has 2 aromatic heterocycles. The molecule has 2 N–H and O–H groups in total. The molecule has 0 unspecified atom stereocenters. The normalized spacial score (nSPS) is 11.6. The van der Waals surface area contributed by atoms with Crippen LogP contribution in [0.2, 0.25) is 0 Å². The number of nitrogens with one attached hydrogen (secondary N) is 2. The van der Waals surface area contributed by atoms with E-state index in [1.807, 2.05) is 25.1 Å². The first-order valence-electron chi connectivity index (χ1n) is 9.39. The number of imidazole rings is 1. The minimum Gasteiger partial charge on any atom is -0.361 e. The highest BCUT2D eigenvalue weighted by molar-refractivity contribution is 5.89. The SMILES string of the molecule is CC(=O)Nc1ccc(NC=c2c(C)c(C#N)c3nc4cc(C)ccc4n3c2=O)cc1. The zero-order valence-electron chi connectivity index (χ0n) is 16.8. The molecule has 0 atom stereocenters. The van der Waals surface area contributed by atoms with Crippen molar-refractivity contribution >= 4 is 40.2 Å². The first-order chi connectivity index (χ1) is 14.4.